The number of hydrogen-bond acceptors (Lipinski definition) is 2. The van der Waals surface area contributed by atoms with Crippen LogP contribution in [0.2, 0.25) is 0 Å². The summed E-state index contributed by atoms with van der Waals surface area (Å²) in [5, 5.41) is 3.08. The molecule has 2 aromatic rings. The van der Waals surface area contributed by atoms with Crippen LogP contribution in [0.4, 0.5) is 0 Å². The molecule has 4 heteroatoms. The summed E-state index contributed by atoms with van der Waals surface area (Å²) < 4.78 is 0. The van der Waals surface area contributed by atoms with E-state index in [2.05, 4.69) is 5.32 Å². The molecule has 1 radical (unpaired) electrons. The quantitative estimate of drug-likeness (QED) is 0.649. The second-order valence-electron chi connectivity index (χ2n) is 7.08. The van der Waals surface area contributed by atoms with Crippen molar-refractivity contribution in [3.63, 3.8) is 0 Å². The molecule has 2 aromatic carbocycles. The van der Waals surface area contributed by atoms with Crippen LogP contribution in [0.1, 0.15) is 55.8 Å². The second-order valence-corrected chi connectivity index (χ2v) is 7.08. The number of benzene rings is 2. The van der Waals surface area contributed by atoms with Crippen molar-refractivity contribution in [3.8, 4) is 11.1 Å². The van der Waals surface area contributed by atoms with Crippen LogP contribution in [0.5, 0.6) is 0 Å². The number of Topliss-reactive ketones (excluding diaryl/α,β-unsaturated/α-hetero) is 1. The van der Waals surface area contributed by atoms with E-state index < -0.39 is 5.54 Å². The molecule has 0 bridgehead atoms. The van der Waals surface area contributed by atoms with Gasteiger partial charge in [-0.15, -0.1) is 6.42 Å². The van der Waals surface area contributed by atoms with Crippen molar-refractivity contribution in [1.29, 1.82) is 0 Å². The molecule has 1 saturated carbocycles. The number of hydrogen-bond donors (Lipinski definition) is 1. The van der Waals surface area contributed by atoms with Gasteiger partial charge in [0.1, 0.15) is 5.78 Å². The van der Waals surface area contributed by atoms with Crippen LogP contribution in [0.15, 0.2) is 54.6 Å². The van der Waals surface area contributed by atoms with Crippen molar-refractivity contribution >= 4 is 11.7 Å². The molecular formula is C23H26NO2Y-. The number of rotatable bonds is 6. The summed E-state index contributed by atoms with van der Waals surface area (Å²) in [6.07, 6.45) is 6.88. The zero-order valence-electron chi connectivity index (χ0n) is 15.9. The molecule has 1 fully saturated rings. The normalized spacial score (nSPS) is 15.4. The van der Waals surface area contributed by atoms with E-state index in [1.54, 1.807) is 0 Å². The third-order valence-corrected chi connectivity index (χ3v) is 5.24. The van der Waals surface area contributed by atoms with E-state index in [-0.39, 0.29) is 44.4 Å². The Kier molecular flexibility index (Phi) is 8.38. The van der Waals surface area contributed by atoms with Crippen molar-refractivity contribution in [3.05, 3.63) is 66.6 Å². The smallest absolute Gasteiger partial charge is 0.252 e. The van der Waals surface area contributed by atoms with Gasteiger partial charge in [0.05, 0.1) is 5.54 Å². The number of carbonyl (C=O) groups excluding carboxylic acids is 2. The molecule has 0 aliphatic heterocycles. The molecule has 0 unspecified atom stereocenters. The first kappa shape index (κ1) is 22.0. The van der Waals surface area contributed by atoms with Gasteiger partial charge in [-0.05, 0) is 36.1 Å². The fourth-order valence-corrected chi connectivity index (χ4v) is 3.74. The van der Waals surface area contributed by atoms with Crippen molar-refractivity contribution in [1.82, 2.24) is 5.32 Å². The van der Waals surface area contributed by atoms with Gasteiger partial charge in [-0.2, -0.15) is 6.92 Å². The molecule has 1 N–H and O–H groups in total. The summed E-state index contributed by atoms with van der Waals surface area (Å²) in [6.45, 7) is 1.89. The average molecular weight is 437 g/mol. The SMILES string of the molecule is C[CH-]CC(=O)C1(NC(=O)c2ccc(-c3ccccc3)cc2)CCCCC1.[Y]. The first-order valence-electron chi connectivity index (χ1n) is 9.44. The van der Waals surface area contributed by atoms with Crippen LogP contribution in [-0.2, 0) is 37.5 Å². The monoisotopic (exact) mass is 437 g/mol. The molecule has 0 saturated heterocycles. The molecule has 0 aromatic heterocycles. The summed E-state index contributed by atoms with van der Waals surface area (Å²) in [7, 11) is 0. The first-order valence-corrected chi connectivity index (χ1v) is 9.44. The van der Waals surface area contributed by atoms with Crippen LogP contribution in [0.3, 0.4) is 0 Å². The van der Waals surface area contributed by atoms with Gasteiger partial charge >= 0.3 is 0 Å². The largest absolute Gasteiger partial charge is 0.340 e. The summed E-state index contributed by atoms with van der Waals surface area (Å²) in [4.78, 5) is 25.5. The topological polar surface area (TPSA) is 46.2 Å². The predicted octanol–water partition coefficient (Wildman–Crippen LogP) is 4.97. The van der Waals surface area contributed by atoms with Gasteiger partial charge in [-0.3, -0.25) is 9.59 Å². The third kappa shape index (κ3) is 5.36. The van der Waals surface area contributed by atoms with Crippen molar-refractivity contribution < 1.29 is 42.3 Å². The Morgan fingerprint density at radius 3 is 2.11 bits per heavy atom. The minimum Gasteiger partial charge on any atom is -0.340 e. The Hall–Kier alpha value is -1.32. The van der Waals surface area contributed by atoms with Crippen molar-refractivity contribution in [2.75, 3.05) is 0 Å². The fourth-order valence-electron chi connectivity index (χ4n) is 3.74. The third-order valence-electron chi connectivity index (χ3n) is 5.24. The molecule has 3 nitrogen and oxygen atoms in total. The Morgan fingerprint density at radius 2 is 1.52 bits per heavy atom. The van der Waals surface area contributed by atoms with E-state index in [9.17, 15) is 9.59 Å². The van der Waals surface area contributed by atoms with Gasteiger partial charge in [0.25, 0.3) is 5.91 Å². The van der Waals surface area contributed by atoms with Gasteiger partial charge in [0, 0.05) is 38.3 Å². The summed E-state index contributed by atoms with van der Waals surface area (Å²) in [5.74, 6) is -0.0232. The Labute approximate surface area is 187 Å². The van der Waals surface area contributed by atoms with Gasteiger partial charge in [-0.25, -0.2) is 0 Å². The number of amides is 1. The molecule has 1 aliphatic rings. The van der Waals surface area contributed by atoms with Crippen LogP contribution < -0.4 is 5.32 Å². The molecule has 0 spiro atoms. The minimum atomic E-state index is -0.694. The van der Waals surface area contributed by atoms with E-state index in [0.717, 1.165) is 43.2 Å². The molecule has 0 atom stereocenters. The maximum absolute atomic E-state index is 12.8. The molecule has 27 heavy (non-hydrogen) atoms. The Bertz CT molecular complexity index is 750. The van der Waals surface area contributed by atoms with E-state index in [1.807, 2.05) is 67.9 Å². The Balaban J connectivity index is 0.00000261. The van der Waals surface area contributed by atoms with Crippen LogP contribution in [0, 0.1) is 6.42 Å². The van der Waals surface area contributed by atoms with E-state index >= 15 is 0 Å². The van der Waals surface area contributed by atoms with Crippen molar-refractivity contribution in [2.24, 2.45) is 0 Å². The zero-order chi connectivity index (χ0) is 18.4. The molecule has 139 valence electrons. The molecule has 3 rings (SSSR count). The predicted molar refractivity (Wildman–Crippen MR) is 105 cm³/mol. The van der Waals surface area contributed by atoms with Crippen molar-refractivity contribution in [2.45, 2.75) is 51.0 Å². The first-order chi connectivity index (χ1) is 12.6. The van der Waals surface area contributed by atoms with Crippen LogP contribution >= 0.6 is 0 Å². The van der Waals surface area contributed by atoms with E-state index in [1.165, 1.54) is 0 Å². The summed E-state index contributed by atoms with van der Waals surface area (Å²) >= 11 is 0. The van der Waals surface area contributed by atoms with Gasteiger partial charge in [0.15, 0.2) is 0 Å². The summed E-state index contributed by atoms with van der Waals surface area (Å²) in [5.41, 5.74) is 2.10. The molecular weight excluding hydrogens is 411 g/mol. The number of nitrogens with one attached hydrogen (secondary N) is 1. The number of carbonyl (C=O) groups is 2. The zero-order valence-corrected chi connectivity index (χ0v) is 18.7. The summed E-state index contributed by atoms with van der Waals surface area (Å²) in [6, 6.07) is 17.7. The van der Waals surface area contributed by atoms with Gasteiger partial charge in [0.2, 0.25) is 0 Å². The maximum Gasteiger partial charge on any atom is 0.252 e. The van der Waals surface area contributed by atoms with Gasteiger partial charge in [-0.1, -0.05) is 61.7 Å². The fraction of sp³-hybridized carbons (Fsp3) is 0.348. The van der Waals surface area contributed by atoms with E-state index in [4.69, 9.17) is 0 Å². The van der Waals surface area contributed by atoms with Gasteiger partial charge < -0.3 is 11.7 Å². The van der Waals surface area contributed by atoms with Crippen LogP contribution in [0.25, 0.3) is 11.1 Å². The molecule has 0 heterocycles. The van der Waals surface area contributed by atoms with E-state index in [0.29, 0.717) is 12.0 Å². The molecule has 1 aliphatic carbocycles. The van der Waals surface area contributed by atoms with Crippen LogP contribution in [-0.4, -0.2) is 17.2 Å². The number of ketones is 1. The standard InChI is InChI=1S/C23H26NO2.Y/c1-2-9-21(25)23(16-7-4-8-17-23)24-22(26)20-14-12-19(13-15-20)18-10-5-3-6-11-18;/h2-3,5-6,10-15H,4,7-9,16-17H2,1H3,(H,24,26);/q-1;. The second kappa shape index (κ2) is 10.3. The molecule has 1 amide bonds. The Morgan fingerprint density at radius 1 is 0.926 bits per heavy atom. The maximum atomic E-state index is 12.8. The minimum absolute atomic E-state index is 0. The average Bonchev–Trinajstić information content (AvgIpc) is 2.69.